The van der Waals surface area contributed by atoms with Gasteiger partial charge in [-0.3, -0.25) is 19.2 Å². The van der Waals surface area contributed by atoms with Crippen LogP contribution in [0.15, 0.2) is 0 Å². The zero-order valence-electron chi connectivity index (χ0n) is 21.6. The van der Waals surface area contributed by atoms with Crippen LogP contribution in [0.4, 0.5) is 0 Å². The summed E-state index contributed by atoms with van der Waals surface area (Å²) in [6.45, 7) is 12.4. The molecule has 0 aliphatic heterocycles. The van der Waals surface area contributed by atoms with Crippen LogP contribution < -0.4 is 0 Å². The molecule has 33 heavy (non-hydrogen) atoms. The third kappa shape index (κ3) is 35.8. The van der Waals surface area contributed by atoms with Crippen LogP contribution in [0.1, 0.15) is 106 Å². The van der Waals surface area contributed by atoms with E-state index in [-0.39, 0.29) is 62.4 Å². The third-order valence-electron chi connectivity index (χ3n) is 4.56. The number of ketones is 2. The van der Waals surface area contributed by atoms with Gasteiger partial charge in [0.2, 0.25) is 0 Å². The van der Waals surface area contributed by atoms with E-state index in [0.717, 1.165) is 51.4 Å². The van der Waals surface area contributed by atoms with Gasteiger partial charge in [0, 0.05) is 51.3 Å². The van der Waals surface area contributed by atoms with Crippen LogP contribution in [0.2, 0.25) is 0 Å². The Kier molecular flexibility index (Phi) is 42.6. The Balaban J connectivity index is -0.000000112. The molecular formula is C24H48O8Zr. The van der Waals surface area contributed by atoms with Crippen molar-refractivity contribution in [3.63, 3.8) is 0 Å². The first-order valence-electron chi connectivity index (χ1n) is 11.8. The third-order valence-corrected chi connectivity index (χ3v) is 4.56. The Morgan fingerprint density at radius 2 is 0.818 bits per heavy atom. The summed E-state index contributed by atoms with van der Waals surface area (Å²) in [6, 6.07) is 0. The Bertz CT molecular complexity index is 415. The molecule has 0 rings (SSSR count). The SMILES string of the molecule is CCC(CC)C(=O)CC(=O)O.CCC(CC)C(=O)CC(=O)O.CCCCO.CCCCO.[Zr]. The van der Waals surface area contributed by atoms with E-state index in [1.807, 2.05) is 27.7 Å². The molecule has 0 aromatic carbocycles. The molecule has 0 amide bonds. The van der Waals surface area contributed by atoms with Crippen molar-refractivity contribution in [2.75, 3.05) is 13.2 Å². The second kappa shape index (κ2) is 33.3. The van der Waals surface area contributed by atoms with Crippen LogP contribution in [0.3, 0.4) is 0 Å². The van der Waals surface area contributed by atoms with Crippen molar-refractivity contribution in [3.8, 4) is 0 Å². The van der Waals surface area contributed by atoms with E-state index in [9.17, 15) is 19.2 Å². The van der Waals surface area contributed by atoms with E-state index in [1.54, 1.807) is 0 Å². The van der Waals surface area contributed by atoms with Gasteiger partial charge >= 0.3 is 11.9 Å². The molecule has 0 fully saturated rings. The predicted molar refractivity (Wildman–Crippen MR) is 127 cm³/mol. The number of carboxylic acid groups (broad SMARTS) is 2. The largest absolute Gasteiger partial charge is 0.481 e. The normalized spacial score (nSPS) is 9.27. The minimum atomic E-state index is -1.03. The molecule has 0 spiro atoms. The van der Waals surface area contributed by atoms with Gasteiger partial charge < -0.3 is 20.4 Å². The van der Waals surface area contributed by atoms with Gasteiger partial charge in [-0.1, -0.05) is 54.4 Å². The molecule has 9 heteroatoms. The van der Waals surface area contributed by atoms with Gasteiger partial charge in [0.05, 0.1) is 0 Å². The number of unbranched alkanes of at least 4 members (excludes halogenated alkanes) is 2. The molecule has 0 heterocycles. The number of hydrogen-bond acceptors (Lipinski definition) is 6. The van der Waals surface area contributed by atoms with Crippen molar-refractivity contribution in [2.45, 2.75) is 106 Å². The fourth-order valence-electron chi connectivity index (χ4n) is 2.39. The standard InChI is InChI=1S/2C8H14O3.2C4H10O.Zr/c2*1-3-6(4-2)7(9)5-8(10)11;2*1-2-3-4-5;/h2*6H,3-5H2,1-2H3,(H,10,11);2*5H,2-4H2,1H3;. The van der Waals surface area contributed by atoms with Gasteiger partial charge in [0.15, 0.2) is 0 Å². The number of aliphatic hydroxyl groups excluding tert-OH is 2. The molecule has 0 unspecified atom stereocenters. The summed E-state index contributed by atoms with van der Waals surface area (Å²) in [5, 5.41) is 32.7. The summed E-state index contributed by atoms with van der Waals surface area (Å²) in [6.07, 6.45) is 6.38. The minimum absolute atomic E-state index is 0. The summed E-state index contributed by atoms with van der Waals surface area (Å²) in [5.41, 5.74) is 0. The molecule has 0 atom stereocenters. The molecule has 0 radical (unpaired) electrons. The number of hydrogen-bond donors (Lipinski definition) is 4. The summed E-state index contributed by atoms with van der Waals surface area (Å²) < 4.78 is 0. The number of carbonyl (C=O) groups is 4. The van der Waals surface area contributed by atoms with E-state index >= 15 is 0 Å². The van der Waals surface area contributed by atoms with Crippen LogP contribution in [0.25, 0.3) is 0 Å². The number of aliphatic carboxylic acids is 2. The minimum Gasteiger partial charge on any atom is -0.481 e. The van der Waals surface area contributed by atoms with Gasteiger partial charge in [-0.05, 0) is 38.5 Å². The van der Waals surface area contributed by atoms with Crippen molar-refractivity contribution >= 4 is 23.5 Å². The second-order valence-corrected chi connectivity index (χ2v) is 7.25. The first-order chi connectivity index (χ1) is 15.1. The summed E-state index contributed by atoms with van der Waals surface area (Å²) >= 11 is 0. The summed E-state index contributed by atoms with van der Waals surface area (Å²) in [5.74, 6) is -2.48. The maximum absolute atomic E-state index is 11.0. The molecule has 0 bridgehead atoms. The zero-order chi connectivity index (χ0) is 25.9. The Morgan fingerprint density at radius 1 is 0.576 bits per heavy atom. The number of carboxylic acids is 2. The van der Waals surface area contributed by atoms with E-state index in [4.69, 9.17) is 20.4 Å². The molecule has 0 saturated heterocycles. The molecule has 0 aliphatic rings. The van der Waals surface area contributed by atoms with Gasteiger partial charge in [-0.2, -0.15) is 0 Å². The van der Waals surface area contributed by atoms with E-state index in [1.165, 1.54) is 0 Å². The van der Waals surface area contributed by atoms with E-state index in [2.05, 4.69) is 13.8 Å². The molecule has 196 valence electrons. The number of Topliss-reactive ketones (excluding diaryl/α,β-unsaturated/α-hetero) is 2. The van der Waals surface area contributed by atoms with Gasteiger partial charge in [0.1, 0.15) is 24.4 Å². The fraction of sp³-hybridized carbons (Fsp3) is 0.833. The maximum Gasteiger partial charge on any atom is 0.310 e. The van der Waals surface area contributed by atoms with E-state index < -0.39 is 11.9 Å². The monoisotopic (exact) mass is 554 g/mol. The summed E-state index contributed by atoms with van der Waals surface area (Å²) in [7, 11) is 0. The first-order valence-corrected chi connectivity index (χ1v) is 11.8. The van der Waals surface area contributed by atoms with Crippen molar-refractivity contribution in [1.29, 1.82) is 0 Å². The maximum atomic E-state index is 11.0. The predicted octanol–water partition coefficient (Wildman–Crippen LogP) is 4.49. The smallest absolute Gasteiger partial charge is 0.310 e. The number of rotatable bonds is 14. The molecule has 0 aromatic heterocycles. The first kappa shape index (κ1) is 42.3. The molecular weight excluding hydrogens is 507 g/mol. The van der Waals surface area contributed by atoms with Crippen LogP contribution in [0.5, 0.6) is 0 Å². The Labute approximate surface area is 219 Å². The zero-order valence-corrected chi connectivity index (χ0v) is 24.0. The van der Waals surface area contributed by atoms with Crippen molar-refractivity contribution in [1.82, 2.24) is 0 Å². The molecule has 8 nitrogen and oxygen atoms in total. The number of aliphatic hydroxyl groups is 2. The van der Waals surface area contributed by atoms with Gasteiger partial charge in [-0.15, -0.1) is 0 Å². The van der Waals surface area contributed by atoms with Crippen LogP contribution in [-0.4, -0.2) is 57.1 Å². The Hall–Kier alpha value is -0.917. The second-order valence-electron chi connectivity index (χ2n) is 7.25. The molecule has 0 aromatic rings. The Morgan fingerprint density at radius 3 is 0.909 bits per heavy atom. The van der Waals surface area contributed by atoms with E-state index in [0.29, 0.717) is 13.2 Å². The quantitative estimate of drug-likeness (QED) is 0.229. The van der Waals surface area contributed by atoms with Crippen LogP contribution in [-0.2, 0) is 45.4 Å². The van der Waals surface area contributed by atoms with Crippen molar-refractivity contribution in [2.24, 2.45) is 11.8 Å². The molecule has 0 aliphatic carbocycles. The van der Waals surface area contributed by atoms with Crippen molar-refractivity contribution in [3.05, 3.63) is 0 Å². The average molecular weight is 556 g/mol. The van der Waals surface area contributed by atoms with Gasteiger partial charge in [-0.25, -0.2) is 0 Å². The summed E-state index contributed by atoms with van der Waals surface area (Å²) in [4.78, 5) is 42.3. The van der Waals surface area contributed by atoms with Crippen LogP contribution in [0, 0.1) is 11.8 Å². The van der Waals surface area contributed by atoms with Crippen LogP contribution >= 0.6 is 0 Å². The molecule has 4 N–H and O–H groups in total. The number of carbonyl (C=O) groups excluding carboxylic acids is 2. The molecule has 0 saturated carbocycles. The fourth-order valence-corrected chi connectivity index (χ4v) is 2.39. The van der Waals surface area contributed by atoms with Crippen molar-refractivity contribution < 1.29 is 65.8 Å². The topological polar surface area (TPSA) is 149 Å². The average Bonchev–Trinajstić information content (AvgIpc) is 2.71. The van der Waals surface area contributed by atoms with Gasteiger partial charge in [0.25, 0.3) is 0 Å².